The Morgan fingerprint density at radius 1 is 0.194 bits per heavy atom. The highest BCUT2D eigenvalue weighted by Crippen LogP contribution is 2.28. The van der Waals surface area contributed by atoms with Gasteiger partial charge in [-0.15, -0.1) is 0 Å². The van der Waals surface area contributed by atoms with E-state index in [1.165, 1.54) is 151 Å². The molecule has 0 atom stereocenters. The molecular formula is C87H102N6+6. The Bertz CT molecular complexity index is 4390. The van der Waals surface area contributed by atoms with Gasteiger partial charge >= 0.3 is 0 Å². The Labute approximate surface area is 558 Å². The first-order chi connectivity index (χ1) is 44.4. The van der Waals surface area contributed by atoms with E-state index in [0.29, 0.717) is 0 Å². The van der Waals surface area contributed by atoms with Crippen molar-refractivity contribution in [3.8, 4) is 67.5 Å². The van der Waals surface area contributed by atoms with Crippen molar-refractivity contribution in [2.45, 2.75) is 104 Å². The van der Waals surface area contributed by atoms with Crippen LogP contribution in [0.2, 0.25) is 0 Å². The minimum absolute atomic E-state index is 1.26. The molecule has 6 nitrogen and oxygen atoms in total. The third-order valence-electron chi connectivity index (χ3n) is 17.6. The fourth-order valence-corrected chi connectivity index (χ4v) is 12.2. The fraction of sp³-hybridized carbons (Fsp3) is 0.241. The SMILES string of the molecule is Cc1cc(C)c(-c2ccccc2C)[n+](C)c1.Cc1cc[n+](C)c(-c2ccccc2C)c1.Cc1cc[n+](C)c(-c2ccccc2C)c1.Cc1ccc(-c2ccccc2C)[n+](C)c1.Cc1ccccc1-c1c(C)c(C)c(C)c[n+]1C.Cc1ccccc1-c1c(C)ccc[n+]1C. The van der Waals surface area contributed by atoms with Crippen LogP contribution in [0.1, 0.15) is 83.5 Å². The highest BCUT2D eigenvalue weighted by atomic mass is 14.9. The van der Waals surface area contributed by atoms with E-state index < -0.39 is 0 Å². The normalized spacial score (nSPS) is 10.4. The van der Waals surface area contributed by atoms with Crippen LogP contribution in [0.15, 0.2) is 237 Å². The van der Waals surface area contributed by atoms with Gasteiger partial charge in [0.2, 0.25) is 34.2 Å². The average Bonchev–Trinajstić information content (AvgIpc) is 0.936. The fourth-order valence-electron chi connectivity index (χ4n) is 12.2. The lowest BCUT2D eigenvalue weighted by Gasteiger charge is -2.10. The second kappa shape index (κ2) is 33.0. The van der Waals surface area contributed by atoms with Crippen molar-refractivity contribution in [2.75, 3.05) is 0 Å². The van der Waals surface area contributed by atoms with E-state index >= 15 is 0 Å². The number of benzene rings is 6. The van der Waals surface area contributed by atoms with Gasteiger partial charge in [-0.3, -0.25) is 0 Å². The minimum Gasteiger partial charge on any atom is -0.201 e. The van der Waals surface area contributed by atoms with Crippen LogP contribution in [-0.2, 0) is 42.3 Å². The Kier molecular flexibility index (Phi) is 25.1. The van der Waals surface area contributed by atoms with Crippen LogP contribution in [0.4, 0.5) is 0 Å². The Hall–Kier alpha value is -9.78. The highest BCUT2D eigenvalue weighted by molar-refractivity contribution is 5.67. The first kappa shape index (κ1) is 70.7. The van der Waals surface area contributed by atoms with Gasteiger partial charge in [0.05, 0.1) is 0 Å². The molecule has 474 valence electrons. The van der Waals surface area contributed by atoms with Crippen LogP contribution in [0.5, 0.6) is 0 Å². The highest BCUT2D eigenvalue weighted by Gasteiger charge is 2.20. The van der Waals surface area contributed by atoms with Crippen molar-refractivity contribution in [1.82, 2.24) is 0 Å². The average molecular weight is 1230 g/mol. The molecule has 0 aliphatic rings. The second-order valence-electron chi connectivity index (χ2n) is 25.3. The summed E-state index contributed by atoms with van der Waals surface area (Å²) >= 11 is 0. The van der Waals surface area contributed by atoms with E-state index in [4.69, 9.17) is 0 Å². The van der Waals surface area contributed by atoms with Crippen molar-refractivity contribution in [1.29, 1.82) is 0 Å². The zero-order chi connectivity index (χ0) is 67.6. The molecule has 0 saturated heterocycles. The van der Waals surface area contributed by atoms with Gasteiger partial charge in [-0.25, -0.2) is 27.4 Å². The Morgan fingerprint density at radius 3 is 0.925 bits per heavy atom. The first-order valence-electron chi connectivity index (χ1n) is 32.5. The van der Waals surface area contributed by atoms with Crippen LogP contribution in [0.25, 0.3) is 67.5 Å². The molecule has 6 heterocycles. The number of hydrogen-bond donors (Lipinski definition) is 0. The van der Waals surface area contributed by atoms with Gasteiger partial charge in [0.15, 0.2) is 37.2 Å². The molecule has 0 amide bonds. The maximum absolute atomic E-state index is 2.24. The summed E-state index contributed by atoms with van der Waals surface area (Å²) < 4.78 is 13.1. The predicted octanol–water partition coefficient (Wildman–Crippen LogP) is 17.7. The molecule has 0 N–H and O–H groups in total. The Morgan fingerprint density at radius 2 is 0.538 bits per heavy atom. The Balaban J connectivity index is 0.000000158. The molecule has 0 aliphatic carbocycles. The van der Waals surface area contributed by atoms with Gasteiger partial charge < -0.3 is 0 Å². The summed E-state index contributed by atoms with van der Waals surface area (Å²) in [6.45, 7) is 32.3. The molecule has 6 heteroatoms. The molecule has 0 unspecified atom stereocenters. The zero-order valence-electron chi connectivity index (χ0n) is 59.7. The van der Waals surface area contributed by atoms with Gasteiger partial charge in [0.1, 0.15) is 42.3 Å². The number of aromatic nitrogens is 6. The number of hydrogen-bond acceptors (Lipinski definition) is 0. The van der Waals surface area contributed by atoms with Gasteiger partial charge in [-0.2, -0.15) is 0 Å². The van der Waals surface area contributed by atoms with Crippen LogP contribution in [-0.4, -0.2) is 0 Å². The molecular weight excluding hydrogens is 1130 g/mol. The van der Waals surface area contributed by atoms with Crippen LogP contribution in [0.3, 0.4) is 0 Å². The molecule has 0 bridgehead atoms. The summed E-state index contributed by atoms with van der Waals surface area (Å²) in [5.74, 6) is 0. The van der Waals surface area contributed by atoms with Gasteiger partial charge in [0.25, 0.3) is 0 Å². The molecule has 0 radical (unpaired) electrons. The molecule has 12 aromatic rings. The summed E-state index contributed by atoms with van der Waals surface area (Å²) in [6, 6.07) is 70.6. The van der Waals surface area contributed by atoms with Crippen molar-refractivity contribution in [3.05, 3.63) is 321 Å². The zero-order valence-corrected chi connectivity index (χ0v) is 59.7. The van der Waals surface area contributed by atoms with Crippen molar-refractivity contribution in [2.24, 2.45) is 42.3 Å². The second-order valence-corrected chi connectivity index (χ2v) is 25.3. The van der Waals surface area contributed by atoms with Crippen LogP contribution in [0, 0.1) is 104 Å². The summed E-state index contributed by atoms with van der Waals surface area (Å²) in [4.78, 5) is 0. The molecule has 0 saturated carbocycles. The lowest BCUT2D eigenvalue weighted by atomic mass is 9.97. The largest absolute Gasteiger partial charge is 0.215 e. The lowest BCUT2D eigenvalue weighted by Crippen LogP contribution is -2.33. The van der Waals surface area contributed by atoms with Crippen LogP contribution < -0.4 is 27.4 Å². The van der Waals surface area contributed by atoms with E-state index in [1.807, 2.05) is 0 Å². The minimum atomic E-state index is 1.26. The molecule has 6 aromatic carbocycles. The quantitative estimate of drug-likeness (QED) is 0.148. The maximum Gasteiger partial charge on any atom is 0.215 e. The molecule has 0 spiro atoms. The molecule has 12 rings (SSSR count). The number of pyridine rings is 6. The molecule has 6 aromatic heterocycles. The topological polar surface area (TPSA) is 23.3 Å². The summed E-state index contributed by atoms with van der Waals surface area (Å²) in [6.07, 6.45) is 12.9. The summed E-state index contributed by atoms with van der Waals surface area (Å²) in [5, 5.41) is 0. The van der Waals surface area contributed by atoms with Crippen molar-refractivity contribution in [3.63, 3.8) is 0 Å². The third-order valence-corrected chi connectivity index (χ3v) is 17.6. The molecule has 0 aliphatic heterocycles. The van der Waals surface area contributed by atoms with Crippen molar-refractivity contribution < 1.29 is 27.4 Å². The number of aryl methyl sites for hydroxylation is 19. The van der Waals surface area contributed by atoms with E-state index in [0.717, 1.165) is 0 Å². The summed E-state index contributed by atoms with van der Waals surface area (Å²) in [7, 11) is 12.6. The first-order valence-corrected chi connectivity index (χ1v) is 32.5. The van der Waals surface area contributed by atoms with Gasteiger partial charge in [-0.05, 0) is 209 Å². The van der Waals surface area contributed by atoms with Crippen molar-refractivity contribution >= 4 is 0 Å². The van der Waals surface area contributed by atoms with Gasteiger partial charge in [0, 0.05) is 103 Å². The van der Waals surface area contributed by atoms with E-state index in [1.54, 1.807) is 0 Å². The number of rotatable bonds is 6. The third kappa shape index (κ3) is 18.5. The smallest absolute Gasteiger partial charge is 0.201 e. The van der Waals surface area contributed by atoms with E-state index in [9.17, 15) is 0 Å². The van der Waals surface area contributed by atoms with E-state index in [-0.39, 0.29) is 0 Å². The number of nitrogens with zero attached hydrogens (tertiary/aromatic N) is 6. The maximum atomic E-state index is 2.24. The van der Waals surface area contributed by atoms with E-state index in [2.05, 4.69) is 411 Å². The monoisotopic (exact) mass is 1230 g/mol. The standard InChI is InChI=1S/C16H20N.C15H18N.4C14H16N/c1-11-8-6-7-9-15(11)16-14(4)13(3)12(2)10-17(16)5;1-11-9-13(3)15(16(4)10-11)14-8-6-5-7-12(14)2;1-11-7-4-5-9-13(11)14-12(2)8-6-10-15(14)3;2*1-11-8-9-15(3)14(10-11)13-7-5-4-6-12(13)2;1-11-8-9-14(15(3)10-11)13-7-5-4-6-12(13)2/h6-10H,1-5H3;5-10H,1-4H3;4*4-10H,1-3H3/q6*+1. The molecule has 93 heavy (non-hydrogen) atoms. The van der Waals surface area contributed by atoms with Crippen LogP contribution >= 0.6 is 0 Å². The lowest BCUT2D eigenvalue weighted by molar-refractivity contribution is -0.661. The molecule has 0 fully saturated rings. The summed E-state index contributed by atoms with van der Waals surface area (Å²) in [5.41, 5.74) is 35.5. The predicted molar refractivity (Wildman–Crippen MR) is 389 cm³/mol. The van der Waals surface area contributed by atoms with Gasteiger partial charge in [-0.1, -0.05) is 109 Å².